The number of nitrogens with one attached hydrogen (secondary N) is 2. The second-order valence-electron chi connectivity index (χ2n) is 10.5. The van der Waals surface area contributed by atoms with Gasteiger partial charge in [-0.15, -0.1) is 0 Å². The minimum Gasteiger partial charge on any atom is -0.485 e. The Labute approximate surface area is 238 Å². The molecule has 0 bridgehead atoms. The van der Waals surface area contributed by atoms with Gasteiger partial charge in [-0.2, -0.15) is 5.10 Å². The predicted molar refractivity (Wildman–Crippen MR) is 162 cm³/mol. The minimum atomic E-state index is 0.431. The van der Waals surface area contributed by atoms with E-state index in [2.05, 4.69) is 62.4 Å². The molecule has 0 spiro atoms. The largest absolute Gasteiger partial charge is 0.485 e. The molecule has 41 heavy (non-hydrogen) atoms. The normalized spacial score (nSPS) is 14.1. The van der Waals surface area contributed by atoms with Crippen molar-refractivity contribution in [1.29, 1.82) is 0 Å². The van der Waals surface area contributed by atoms with Crippen LogP contribution in [0.2, 0.25) is 0 Å². The first kappa shape index (κ1) is 25.2. The maximum Gasteiger partial charge on any atom is 0.163 e. The van der Waals surface area contributed by atoms with Crippen LogP contribution in [-0.4, -0.2) is 58.3 Å². The van der Waals surface area contributed by atoms with E-state index in [0.29, 0.717) is 30.5 Å². The van der Waals surface area contributed by atoms with E-state index in [1.165, 1.54) is 5.69 Å². The second kappa shape index (κ2) is 11.0. The molecule has 0 saturated carbocycles. The monoisotopic (exact) mass is 544 g/mol. The van der Waals surface area contributed by atoms with Crippen LogP contribution in [-0.2, 0) is 13.2 Å². The Morgan fingerprint density at radius 2 is 1.39 bits per heavy atom. The number of benzene rings is 4. The molecule has 1 aliphatic heterocycles. The number of H-pyrrole nitrogens is 2. The van der Waals surface area contributed by atoms with Gasteiger partial charge in [0.1, 0.15) is 18.9 Å². The Kier molecular flexibility index (Phi) is 6.74. The highest BCUT2D eigenvalue weighted by Crippen LogP contribution is 2.37. The average Bonchev–Trinajstić information content (AvgIpc) is 3.63. The van der Waals surface area contributed by atoms with Crippen molar-refractivity contribution in [3.8, 4) is 23.0 Å². The number of piperazine rings is 1. The fraction of sp³-hybridized carbons (Fsp3) is 0.212. The topological polar surface area (TPSA) is 82.3 Å². The lowest BCUT2D eigenvalue weighted by molar-refractivity contribution is 0.256. The summed E-state index contributed by atoms with van der Waals surface area (Å²) in [6.07, 6.45) is 0. The summed E-state index contributed by atoms with van der Waals surface area (Å²) < 4.78 is 12.6. The van der Waals surface area contributed by atoms with Crippen LogP contribution in [0.25, 0.3) is 33.5 Å². The Hall–Kier alpha value is -4.82. The third kappa shape index (κ3) is 5.34. The van der Waals surface area contributed by atoms with Crippen LogP contribution in [0.4, 0.5) is 5.69 Å². The van der Waals surface area contributed by atoms with Crippen molar-refractivity contribution in [2.45, 2.75) is 13.2 Å². The molecule has 0 aliphatic carbocycles. The zero-order chi connectivity index (χ0) is 27.6. The highest BCUT2D eigenvalue weighted by Gasteiger charge is 2.19. The number of aromatic amines is 2. The molecular formula is C33H32N6O2. The molecule has 4 aromatic carbocycles. The number of aromatic nitrogens is 4. The molecule has 8 nitrogen and oxygen atoms in total. The van der Waals surface area contributed by atoms with Crippen LogP contribution >= 0.6 is 0 Å². The predicted octanol–water partition coefficient (Wildman–Crippen LogP) is 6.02. The Morgan fingerprint density at radius 3 is 2.07 bits per heavy atom. The van der Waals surface area contributed by atoms with Gasteiger partial charge in [0.15, 0.2) is 17.3 Å². The molecule has 0 atom stereocenters. The lowest BCUT2D eigenvalue weighted by Crippen LogP contribution is -2.44. The maximum atomic E-state index is 6.32. The van der Waals surface area contributed by atoms with Crippen molar-refractivity contribution in [1.82, 2.24) is 25.1 Å². The van der Waals surface area contributed by atoms with Crippen molar-refractivity contribution in [2.24, 2.45) is 0 Å². The number of anilines is 1. The van der Waals surface area contributed by atoms with E-state index in [1.54, 1.807) is 0 Å². The van der Waals surface area contributed by atoms with Crippen LogP contribution in [0.15, 0.2) is 91.0 Å². The zero-order valence-electron chi connectivity index (χ0n) is 23.0. The van der Waals surface area contributed by atoms with Crippen LogP contribution < -0.4 is 14.4 Å². The third-order valence-electron chi connectivity index (χ3n) is 7.66. The highest BCUT2D eigenvalue weighted by atomic mass is 16.5. The number of ether oxygens (including phenoxy) is 2. The van der Waals surface area contributed by atoms with Gasteiger partial charge in [0.25, 0.3) is 0 Å². The lowest BCUT2D eigenvalue weighted by Gasteiger charge is -2.34. The molecular weight excluding hydrogens is 512 g/mol. The SMILES string of the molecule is CN1CCN(c2ccc3[nH]c(-c4n[nH]c5cc(OCc6ccccc6)c(OCc6ccccc6)cc45)nc3c2)CC1. The number of imidazole rings is 1. The summed E-state index contributed by atoms with van der Waals surface area (Å²) in [7, 11) is 2.17. The van der Waals surface area contributed by atoms with Gasteiger partial charge in [-0.3, -0.25) is 5.10 Å². The number of likely N-dealkylation sites (N-methyl/N-ethyl adjacent to an activating group) is 1. The Balaban J connectivity index is 1.21. The lowest BCUT2D eigenvalue weighted by atomic mass is 10.1. The summed E-state index contributed by atoms with van der Waals surface area (Å²) in [5, 5.41) is 8.75. The van der Waals surface area contributed by atoms with Crippen molar-refractivity contribution in [3.05, 3.63) is 102 Å². The van der Waals surface area contributed by atoms with Gasteiger partial charge < -0.3 is 24.3 Å². The van der Waals surface area contributed by atoms with Crippen molar-refractivity contribution in [3.63, 3.8) is 0 Å². The smallest absolute Gasteiger partial charge is 0.163 e. The minimum absolute atomic E-state index is 0.431. The van der Waals surface area contributed by atoms with Gasteiger partial charge in [-0.05, 0) is 42.4 Å². The number of hydrogen-bond donors (Lipinski definition) is 2. The summed E-state index contributed by atoms with van der Waals surface area (Å²) in [5.41, 5.74) is 6.89. The third-order valence-corrected chi connectivity index (χ3v) is 7.66. The van der Waals surface area contributed by atoms with Gasteiger partial charge in [0.2, 0.25) is 0 Å². The van der Waals surface area contributed by atoms with E-state index in [-0.39, 0.29) is 0 Å². The van der Waals surface area contributed by atoms with Gasteiger partial charge in [-0.25, -0.2) is 4.98 Å². The number of rotatable bonds is 8. The molecule has 7 rings (SSSR count). The van der Waals surface area contributed by atoms with Gasteiger partial charge >= 0.3 is 0 Å². The van der Waals surface area contributed by atoms with Gasteiger partial charge in [0.05, 0.1) is 16.6 Å². The first-order valence-corrected chi connectivity index (χ1v) is 14.0. The zero-order valence-corrected chi connectivity index (χ0v) is 23.0. The first-order valence-electron chi connectivity index (χ1n) is 14.0. The summed E-state index contributed by atoms with van der Waals surface area (Å²) in [4.78, 5) is 13.2. The Bertz CT molecular complexity index is 1770. The first-order chi connectivity index (χ1) is 20.2. The maximum absolute atomic E-state index is 6.32. The van der Waals surface area contributed by atoms with Gasteiger partial charge in [-0.1, -0.05) is 60.7 Å². The highest BCUT2D eigenvalue weighted by molar-refractivity contribution is 5.95. The molecule has 8 heteroatoms. The molecule has 1 saturated heterocycles. The van der Waals surface area contributed by atoms with Crippen LogP contribution in [0.3, 0.4) is 0 Å². The van der Waals surface area contributed by atoms with E-state index in [0.717, 1.165) is 64.9 Å². The quantitative estimate of drug-likeness (QED) is 0.244. The molecule has 0 radical (unpaired) electrons. The molecule has 3 heterocycles. The Morgan fingerprint density at radius 1 is 0.732 bits per heavy atom. The van der Waals surface area contributed by atoms with Gasteiger partial charge in [0, 0.05) is 43.3 Å². The van der Waals surface area contributed by atoms with Crippen LogP contribution in [0, 0.1) is 0 Å². The van der Waals surface area contributed by atoms with Crippen LogP contribution in [0.1, 0.15) is 11.1 Å². The number of fused-ring (bicyclic) bond motifs is 2. The molecule has 1 aliphatic rings. The van der Waals surface area contributed by atoms with E-state index in [4.69, 9.17) is 14.5 Å². The summed E-state index contributed by atoms with van der Waals surface area (Å²) >= 11 is 0. The molecule has 1 fully saturated rings. The van der Waals surface area contributed by atoms with E-state index in [9.17, 15) is 0 Å². The average molecular weight is 545 g/mol. The molecule has 206 valence electrons. The fourth-order valence-corrected chi connectivity index (χ4v) is 5.27. The second-order valence-corrected chi connectivity index (χ2v) is 10.5. The van der Waals surface area contributed by atoms with Crippen LogP contribution in [0.5, 0.6) is 11.5 Å². The molecule has 2 aromatic heterocycles. The summed E-state index contributed by atoms with van der Waals surface area (Å²) in [6, 6.07) is 30.7. The molecule has 6 aromatic rings. The fourth-order valence-electron chi connectivity index (χ4n) is 5.27. The molecule has 0 amide bonds. The summed E-state index contributed by atoms with van der Waals surface area (Å²) in [5.74, 6) is 2.04. The van der Waals surface area contributed by atoms with Crippen molar-refractivity contribution >= 4 is 27.6 Å². The number of nitrogens with zero attached hydrogens (tertiary/aromatic N) is 4. The standard InChI is InChI=1S/C33H32N6O2/c1-38-14-16-39(17-15-38)25-12-13-27-29(18-25)35-33(34-27)32-26-19-30(40-21-23-8-4-2-5-9-23)31(20-28(26)36-37-32)41-22-24-10-6-3-7-11-24/h2-13,18-20H,14-17,21-22H2,1H3,(H,34,35)(H,36,37). The number of hydrogen-bond acceptors (Lipinski definition) is 6. The van der Waals surface area contributed by atoms with E-state index < -0.39 is 0 Å². The van der Waals surface area contributed by atoms with Crippen molar-refractivity contribution in [2.75, 3.05) is 38.1 Å². The van der Waals surface area contributed by atoms with Crippen molar-refractivity contribution < 1.29 is 9.47 Å². The van der Waals surface area contributed by atoms with E-state index in [1.807, 2.05) is 60.7 Å². The molecule has 2 N–H and O–H groups in total. The molecule has 0 unspecified atom stereocenters. The van der Waals surface area contributed by atoms with E-state index >= 15 is 0 Å². The summed E-state index contributed by atoms with van der Waals surface area (Å²) in [6.45, 7) is 5.03.